The Balaban J connectivity index is 1.44. The molecule has 0 bridgehead atoms. The Morgan fingerprint density at radius 2 is 1.77 bits per heavy atom. The fourth-order valence-electron chi connectivity index (χ4n) is 5.10. The van der Waals surface area contributed by atoms with E-state index >= 15 is 0 Å². The van der Waals surface area contributed by atoms with Crippen molar-refractivity contribution in [1.29, 1.82) is 0 Å². The number of anilines is 2. The number of nitrogens with zero attached hydrogens (tertiary/aromatic N) is 3. The van der Waals surface area contributed by atoms with E-state index in [1.165, 1.54) is 11.8 Å². The Bertz CT molecular complexity index is 1600. The molecule has 4 aromatic rings. The maximum Gasteiger partial charge on any atom is 0.339 e. The van der Waals surface area contributed by atoms with Crippen molar-refractivity contribution in [2.75, 3.05) is 43.4 Å². The molecule has 3 heterocycles. The molecular weight excluding hydrogens is 502 g/mol. The molecule has 0 spiro atoms. The number of aromatic nitrogens is 2. The maximum absolute atomic E-state index is 12.8. The summed E-state index contributed by atoms with van der Waals surface area (Å²) in [7, 11) is 2.16. The molecule has 40 heavy (non-hydrogen) atoms. The lowest BCUT2D eigenvalue weighted by Crippen LogP contribution is -2.44. The summed E-state index contributed by atoms with van der Waals surface area (Å²) in [6.45, 7) is 9.61. The third-order valence-corrected chi connectivity index (χ3v) is 7.68. The summed E-state index contributed by atoms with van der Waals surface area (Å²) in [5.74, 6) is -0.629. The average Bonchev–Trinajstić information content (AvgIpc) is 3.71. The van der Waals surface area contributed by atoms with Crippen molar-refractivity contribution in [2.45, 2.75) is 25.9 Å². The molecule has 1 saturated heterocycles. The number of fused-ring (bicyclic) bond motifs is 1. The normalized spacial score (nSPS) is 15.7. The second kappa shape index (κ2) is 10.6. The van der Waals surface area contributed by atoms with E-state index in [1.807, 2.05) is 31.2 Å². The summed E-state index contributed by atoms with van der Waals surface area (Å²) < 4.78 is 5.55. The van der Waals surface area contributed by atoms with Crippen LogP contribution in [0.2, 0.25) is 0 Å². The van der Waals surface area contributed by atoms with Crippen molar-refractivity contribution >= 4 is 34.3 Å². The highest BCUT2D eigenvalue weighted by molar-refractivity contribution is 6.06. The van der Waals surface area contributed by atoms with Gasteiger partial charge in [0, 0.05) is 54.7 Å². The number of carbonyl (C=O) groups is 2. The molecule has 1 aliphatic heterocycles. The number of rotatable bonds is 7. The van der Waals surface area contributed by atoms with Crippen LogP contribution < -0.4 is 10.2 Å². The largest absolute Gasteiger partial charge is 0.459 e. The summed E-state index contributed by atoms with van der Waals surface area (Å²) in [4.78, 5) is 37.8. The number of nitrogens with one attached hydrogen (secondary N) is 2. The van der Waals surface area contributed by atoms with Crippen LogP contribution >= 0.6 is 0 Å². The van der Waals surface area contributed by atoms with Gasteiger partial charge in [0.15, 0.2) is 0 Å². The number of hydrogen-bond acceptors (Lipinski definition) is 6. The van der Waals surface area contributed by atoms with Crippen molar-refractivity contribution in [2.24, 2.45) is 0 Å². The summed E-state index contributed by atoms with van der Waals surface area (Å²) in [5, 5.41) is 3.72. The van der Waals surface area contributed by atoms with Gasteiger partial charge in [0.2, 0.25) is 5.91 Å². The molecule has 1 saturated carbocycles. The first-order valence-corrected chi connectivity index (χ1v) is 13.7. The number of piperazine rings is 1. The number of carbonyl (C=O) groups excluding carboxylic acids is 2. The monoisotopic (exact) mass is 535 g/mol. The molecule has 0 radical (unpaired) electrons. The number of pyridine rings is 1. The molecule has 2 aliphatic rings. The maximum atomic E-state index is 12.8. The molecule has 8 heteroatoms. The zero-order chi connectivity index (χ0) is 27.8. The second-order valence-electron chi connectivity index (χ2n) is 10.7. The third kappa shape index (κ3) is 5.22. The molecule has 8 nitrogen and oxygen atoms in total. The number of likely N-dealkylation sites (N-methyl/N-ethyl adjacent to an activating group) is 1. The number of benzene rings is 2. The first-order chi connectivity index (χ1) is 19.4. The molecule has 1 amide bonds. The van der Waals surface area contributed by atoms with Gasteiger partial charge in [-0.05, 0) is 73.8 Å². The molecule has 204 valence electrons. The molecule has 2 N–H and O–H groups in total. The summed E-state index contributed by atoms with van der Waals surface area (Å²) in [6, 6.07) is 16.4. The van der Waals surface area contributed by atoms with Crippen LogP contribution in [0, 0.1) is 6.92 Å². The Morgan fingerprint density at radius 1 is 1.05 bits per heavy atom. The van der Waals surface area contributed by atoms with E-state index < -0.39 is 0 Å². The summed E-state index contributed by atoms with van der Waals surface area (Å²) in [6.07, 6.45) is 4.66. The van der Waals surface area contributed by atoms with Gasteiger partial charge in [-0.3, -0.25) is 4.79 Å². The first-order valence-electron chi connectivity index (χ1n) is 13.7. The number of ether oxygens (including phenoxy) is 1. The lowest BCUT2D eigenvalue weighted by atomic mass is 9.96. The van der Waals surface area contributed by atoms with Crippen LogP contribution in [0.15, 0.2) is 67.4 Å². The van der Waals surface area contributed by atoms with Gasteiger partial charge in [-0.1, -0.05) is 30.8 Å². The zero-order valence-corrected chi connectivity index (χ0v) is 22.9. The number of H-pyrrole nitrogens is 1. The van der Waals surface area contributed by atoms with E-state index in [1.54, 1.807) is 6.20 Å². The van der Waals surface area contributed by atoms with E-state index in [2.05, 4.69) is 63.0 Å². The Labute approximate surface area is 233 Å². The van der Waals surface area contributed by atoms with Crippen molar-refractivity contribution in [3.63, 3.8) is 0 Å². The number of amides is 1. The third-order valence-electron chi connectivity index (χ3n) is 7.68. The van der Waals surface area contributed by atoms with E-state index in [0.717, 1.165) is 72.4 Å². The number of aromatic amines is 1. The van der Waals surface area contributed by atoms with Crippen LogP contribution in [0.1, 0.15) is 28.8 Å². The minimum atomic E-state index is -0.357. The minimum Gasteiger partial charge on any atom is -0.459 e. The predicted octanol–water partition coefficient (Wildman–Crippen LogP) is 5.40. The van der Waals surface area contributed by atoms with Crippen molar-refractivity contribution in [3.8, 4) is 22.4 Å². The van der Waals surface area contributed by atoms with Gasteiger partial charge in [-0.25, -0.2) is 9.78 Å². The fourth-order valence-corrected chi connectivity index (χ4v) is 5.10. The van der Waals surface area contributed by atoms with Crippen LogP contribution in [0.4, 0.5) is 11.4 Å². The molecule has 0 atom stereocenters. The van der Waals surface area contributed by atoms with Crippen LogP contribution in [0.25, 0.3) is 33.4 Å². The Morgan fingerprint density at radius 3 is 2.48 bits per heavy atom. The van der Waals surface area contributed by atoms with Crippen LogP contribution in [0.5, 0.6) is 0 Å². The number of aryl methyl sites for hydroxylation is 1. The molecule has 2 fully saturated rings. The van der Waals surface area contributed by atoms with Crippen molar-refractivity contribution in [3.05, 3.63) is 78.5 Å². The minimum absolute atomic E-state index is 0.0106. The standard InChI is InChI=1S/C32H33N5O3/c1-4-28(38)34-27-18-22(6-5-20(27)2)29-26-17-23(32(39)40-25-11-12-25)19-33-31(26)35-30(29)21-7-9-24(10-8-21)37-15-13-36(3)14-16-37/h4-10,17-19,25H,1,11-16H2,2-3H3,(H,33,35)(H,34,38). The van der Waals surface area contributed by atoms with Gasteiger partial charge in [0.05, 0.1) is 11.3 Å². The van der Waals surface area contributed by atoms with E-state index in [9.17, 15) is 9.59 Å². The van der Waals surface area contributed by atoms with E-state index in [-0.39, 0.29) is 18.0 Å². The first kappa shape index (κ1) is 25.8. The fraction of sp³-hybridized carbons (Fsp3) is 0.281. The number of esters is 1. The summed E-state index contributed by atoms with van der Waals surface area (Å²) in [5.41, 5.74) is 7.62. The van der Waals surface area contributed by atoms with E-state index in [0.29, 0.717) is 16.9 Å². The Hall–Kier alpha value is -4.43. The van der Waals surface area contributed by atoms with Gasteiger partial charge < -0.3 is 24.8 Å². The zero-order valence-electron chi connectivity index (χ0n) is 22.9. The Kier molecular flexibility index (Phi) is 6.86. The van der Waals surface area contributed by atoms with Crippen molar-refractivity contribution in [1.82, 2.24) is 14.9 Å². The molecule has 1 aliphatic carbocycles. The van der Waals surface area contributed by atoms with Gasteiger partial charge in [0.1, 0.15) is 11.8 Å². The molecule has 2 aromatic heterocycles. The van der Waals surface area contributed by atoms with Gasteiger partial charge in [-0.2, -0.15) is 0 Å². The topological polar surface area (TPSA) is 90.6 Å². The highest BCUT2D eigenvalue weighted by atomic mass is 16.5. The molecule has 0 unspecified atom stereocenters. The smallest absolute Gasteiger partial charge is 0.339 e. The predicted molar refractivity (Wildman–Crippen MR) is 159 cm³/mol. The van der Waals surface area contributed by atoms with E-state index in [4.69, 9.17) is 4.74 Å². The van der Waals surface area contributed by atoms with Gasteiger partial charge in [0.25, 0.3) is 0 Å². The van der Waals surface area contributed by atoms with Gasteiger partial charge >= 0.3 is 5.97 Å². The molecule has 6 rings (SSSR count). The number of hydrogen-bond donors (Lipinski definition) is 2. The lowest BCUT2D eigenvalue weighted by molar-refractivity contribution is -0.111. The van der Waals surface area contributed by atoms with Gasteiger partial charge in [-0.15, -0.1) is 0 Å². The lowest BCUT2D eigenvalue weighted by Gasteiger charge is -2.34. The highest BCUT2D eigenvalue weighted by Crippen LogP contribution is 2.40. The van der Waals surface area contributed by atoms with Crippen LogP contribution in [-0.4, -0.2) is 66.1 Å². The van der Waals surface area contributed by atoms with Crippen molar-refractivity contribution < 1.29 is 14.3 Å². The van der Waals surface area contributed by atoms with Crippen LogP contribution in [0.3, 0.4) is 0 Å². The van der Waals surface area contributed by atoms with Crippen LogP contribution in [-0.2, 0) is 9.53 Å². The molecular formula is C32H33N5O3. The molecule has 2 aromatic carbocycles. The quantitative estimate of drug-likeness (QED) is 0.243. The average molecular weight is 536 g/mol. The second-order valence-corrected chi connectivity index (χ2v) is 10.7. The highest BCUT2D eigenvalue weighted by Gasteiger charge is 2.27. The SMILES string of the molecule is C=CC(=O)Nc1cc(-c2c(-c3ccc(N4CCN(C)CC4)cc3)[nH]c3ncc(C(=O)OC4CC4)cc23)ccc1C. The summed E-state index contributed by atoms with van der Waals surface area (Å²) >= 11 is 0.